The van der Waals surface area contributed by atoms with Crippen LogP contribution in [-0.4, -0.2) is 27.6 Å². The maximum Gasteiger partial charge on any atom is 0.285 e. The van der Waals surface area contributed by atoms with Gasteiger partial charge in [-0.2, -0.15) is 0 Å². The molecule has 1 saturated heterocycles. The molecule has 142 valence electrons. The molecule has 2 aliphatic heterocycles. The molecule has 1 fully saturated rings. The first-order chi connectivity index (χ1) is 13.7. The van der Waals surface area contributed by atoms with E-state index in [9.17, 15) is 9.59 Å². The molecular formula is C21H19N3O3S. The number of benzene rings is 2. The van der Waals surface area contributed by atoms with Crippen LogP contribution in [0.1, 0.15) is 18.4 Å². The van der Waals surface area contributed by atoms with Gasteiger partial charge in [0.25, 0.3) is 5.24 Å². The Morgan fingerprint density at radius 3 is 2.54 bits per heavy atom. The maximum absolute atomic E-state index is 12.3. The average molecular weight is 393 g/mol. The van der Waals surface area contributed by atoms with Crippen molar-refractivity contribution >= 4 is 29.1 Å². The van der Waals surface area contributed by atoms with Gasteiger partial charge >= 0.3 is 0 Å². The first-order valence-corrected chi connectivity index (χ1v) is 9.88. The Morgan fingerprint density at radius 2 is 1.86 bits per heavy atom. The normalized spacial score (nSPS) is 17.9. The summed E-state index contributed by atoms with van der Waals surface area (Å²) in [4.78, 5) is 30.0. The highest BCUT2D eigenvalue weighted by molar-refractivity contribution is 8.14. The largest absolute Gasteiger partial charge is 0.457 e. The van der Waals surface area contributed by atoms with E-state index in [0.29, 0.717) is 25.1 Å². The van der Waals surface area contributed by atoms with Crippen LogP contribution in [-0.2, 0) is 11.3 Å². The van der Waals surface area contributed by atoms with Crippen molar-refractivity contribution in [1.82, 2.24) is 10.2 Å². The van der Waals surface area contributed by atoms with E-state index in [4.69, 9.17) is 4.74 Å². The van der Waals surface area contributed by atoms with Crippen molar-refractivity contribution in [3.63, 3.8) is 0 Å². The predicted molar refractivity (Wildman–Crippen MR) is 109 cm³/mol. The highest BCUT2D eigenvalue weighted by Crippen LogP contribution is 2.31. The van der Waals surface area contributed by atoms with Crippen molar-refractivity contribution in [2.75, 3.05) is 0 Å². The maximum atomic E-state index is 12.3. The molecular weight excluding hydrogens is 374 g/mol. The molecule has 1 unspecified atom stereocenters. The van der Waals surface area contributed by atoms with E-state index in [-0.39, 0.29) is 16.5 Å². The number of nitrogens with one attached hydrogen (secondary N) is 1. The van der Waals surface area contributed by atoms with E-state index in [2.05, 4.69) is 10.3 Å². The van der Waals surface area contributed by atoms with Gasteiger partial charge in [-0.25, -0.2) is 0 Å². The van der Waals surface area contributed by atoms with Crippen molar-refractivity contribution in [2.24, 2.45) is 4.99 Å². The summed E-state index contributed by atoms with van der Waals surface area (Å²) in [6, 6.07) is 17.2. The molecule has 2 aromatic rings. The van der Waals surface area contributed by atoms with E-state index in [1.807, 2.05) is 54.6 Å². The summed E-state index contributed by atoms with van der Waals surface area (Å²) in [6.07, 6.45) is 4.31. The van der Waals surface area contributed by atoms with Gasteiger partial charge in [0.2, 0.25) is 5.91 Å². The molecule has 0 spiro atoms. The van der Waals surface area contributed by atoms with Crippen LogP contribution in [0.3, 0.4) is 0 Å². The molecule has 2 aliphatic rings. The third kappa shape index (κ3) is 4.43. The topological polar surface area (TPSA) is 71.0 Å². The van der Waals surface area contributed by atoms with Gasteiger partial charge in [0.05, 0.1) is 23.5 Å². The molecule has 0 saturated carbocycles. The minimum absolute atomic E-state index is 0.0688. The number of carbonyl (C=O) groups is 2. The number of rotatable bonds is 6. The summed E-state index contributed by atoms with van der Waals surface area (Å²) < 4.78 is 5.80. The van der Waals surface area contributed by atoms with Gasteiger partial charge < -0.3 is 15.0 Å². The third-order valence-corrected chi connectivity index (χ3v) is 5.52. The Bertz CT molecular complexity index is 926. The van der Waals surface area contributed by atoms with Crippen LogP contribution in [0.25, 0.3) is 0 Å². The molecule has 2 amide bonds. The molecule has 0 aliphatic carbocycles. The molecule has 2 aromatic carbocycles. The number of likely N-dealkylation sites (tertiary alicyclic amines) is 1. The van der Waals surface area contributed by atoms with Crippen LogP contribution < -0.4 is 10.1 Å². The number of amides is 2. The van der Waals surface area contributed by atoms with Crippen LogP contribution >= 0.6 is 11.8 Å². The summed E-state index contributed by atoms with van der Waals surface area (Å²) >= 11 is 1.15. The molecule has 0 bridgehead atoms. The smallest absolute Gasteiger partial charge is 0.285 e. The van der Waals surface area contributed by atoms with Crippen molar-refractivity contribution in [2.45, 2.75) is 24.8 Å². The van der Waals surface area contributed by atoms with Crippen molar-refractivity contribution in [3.8, 4) is 11.5 Å². The SMILES string of the molecule is O=C(NC1=CN=C1)SC1CCC(=O)N1Cc1ccc(Oc2ccccc2)cc1. The fourth-order valence-electron chi connectivity index (χ4n) is 2.99. The van der Waals surface area contributed by atoms with Crippen molar-refractivity contribution in [1.29, 1.82) is 0 Å². The molecule has 1 N–H and O–H groups in total. The number of nitrogens with zero attached hydrogens (tertiary/aromatic N) is 2. The summed E-state index contributed by atoms with van der Waals surface area (Å²) in [6.45, 7) is 0.472. The molecule has 2 heterocycles. The second-order valence-electron chi connectivity index (χ2n) is 6.47. The van der Waals surface area contributed by atoms with Gasteiger partial charge in [0.1, 0.15) is 11.5 Å². The highest BCUT2D eigenvalue weighted by atomic mass is 32.2. The van der Waals surface area contributed by atoms with Crippen LogP contribution in [0.4, 0.5) is 4.79 Å². The van der Waals surface area contributed by atoms with Crippen LogP contribution in [0.5, 0.6) is 11.5 Å². The van der Waals surface area contributed by atoms with E-state index >= 15 is 0 Å². The van der Waals surface area contributed by atoms with E-state index in [1.165, 1.54) is 0 Å². The lowest BCUT2D eigenvalue weighted by Crippen LogP contribution is -2.33. The average Bonchev–Trinajstić information content (AvgIpc) is 3.00. The lowest BCUT2D eigenvalue weighted by Gasteiger charge is -2.24. The Morgan fingerprint density at radius 1 is 1.14 bits per heavy atom. The molecule has 6 nitrogen and oxygen atoms in total. The van der Waals surface area contributed by atoms with Gasteiger partial charge in [-0.05, 0) is 48.0 Å². The summed E-state index contributed by atoms with van der Waals surface area (Å²) in [5.74, 6) is 1.59. The lowest BCUT2D eigenvalue weighted by molar-refractivity contribution is -0.128. The predicted octanol–water partition coefficient (Wildman–Crippen LogP) is 4.30. The second-order valence-corrected chi connectivity index (χ2v) is 7.62. The van der Waals surface area contributed by atoms with E-state index in [1.54, 1.807) is 17.3 Å². The van der Waals surface area contributed by atoms with Gasteiger partial charge in [-0.15, -0.1) is 0 Å². The number of para-hydroxylation sites is 1. The zero-order valence-corrected chi connectivity index (χ0v) is 15.9. The number of thioether (sulfide) groups is 1. The molecule has 1 atom stereocenters. The van der Waals surface area contributed by atoms with Crippen molar-refractivity contribution < 1.29 is 14.3 Å². The zero-order valence-electron chi connectivity index (χ0n) is 15.1. The van der Waals surface area contributed by atoms with Gasteiger partial charge in [-0.1, -0.05) is 30.3 Å². The van der Waals surface area contributed by atoms with Crippen LogP contribution in [0.2, 0.25) is 0 Å². The number of carbonyl (C=O) groups excluding carboxylic acids is 2. The first kappa shape index (κ1) is 18.3. The molecule has 7 heteroatoms. The fraction of sp³-hybridized carbons (Fsp3) is 0.190. The Hall–Kier alpha value is -3.06. The quantitative estimate of drug-likeness (QED) is 0.794. The lowest BCUT2D eigenvalue weighted by atomic mass is 10.2. The number of aliphatic imine (C=N–C) groups is 1. The number of hydrogen-bond acceptors (Lipinski definition) is 5. The molecule has 0 radical (unpaired) electrons. The second kappa shape index (κ2) is 8.31. The first-order valence-electron chi connectivity index (χ1n) is 9.00. The minimum Gasteiger partial charge on any atom is -0.457 e. The summed E-state index contributed by atoms with van der Waals surface area (Å²) in [5, 5.41) is 2.42. The monoisotopic (exact) mass is 393 g/mol. The highest BCUT2D eigenvalue weighted by Gasteiger charge is 2.33. The van der Waals surface area contributed by atoms with Gasteiger partial charge in [0.15, 0.2) is 0 Å². The Kier molecular flexibility index (Phi) is 5.43. The zero-order chi connectivity index (χ0) is 19.3. The number of hydrogen-bond donors (Lipinski definition) is 1. The molecule has 28 heavy (non-hydrogen) atoms. The number of ether oxygens (including phenoxy) is 1. The Labute approximate surface area is 167 Å². The summed E-state index contributed by atoms with van der Waals surface area (Å²) in [5.41, 5.74) is 1.69. The Balaban J connectivity index is 1.36. The van der Waals surface area contributed by atoms with Crippen LogP contribution in [0.15, 0.2) is 71.5 Å². The van der Waals surface area contributed by atoms with E-state index < -0.39 is 0 Å². The molecule has 4 rings (SSSR count). The van der Waals surface area contributed by atoms with Crippen LogP contribution in [0, 0.1) is 0 Å². The minimum atomic E-state index is -0.172. The fourth-order valence-corrected chi connectivity index (χ4v) is 3.97. The molecule has 0 aromatic heterocycles. The number of allylic oxidation sites excluding steroid dienone is 1. The van der Waals surface area contributed by atoms with Crippen molar-refractivity contribution in [3.05, 3.63) is 72.1 Å². The van der Waals surface area contributed by atoms with E-state index in [0.717, 1.165) is 28.8 Å². The van der Waals surface area contributed by atoms with Gasteiger partial charge in [-0.3, -0.25) is 14.6 Å². The van der Waals surface area contributed by atoms with Gasteiger partial charge in [0, 0.05) is 13.0 Å². The standard InChI is InChI=1S/C21H19N3O3S/c25-19-10-11-20(28-21(26)23-16-12-22-13-16)24(19)14-15-6-8-18(9-7-15)27-17-4-2-1-3-5-17/h1-9,12-13,20H,10-11,14H2,(H,23,26). The summed E-state index contributed by atoms with van der Waals surface area (Å²) in [7, 11) is 0. The third-order valence-electron chi connectivity index (χ3n) is 4.45.